The zero-order valence-electron chi connectivity index (χ0n) is 10.6. The molecule has 0 saturated carbocycles. The SMILES string of the molecule is CC/C=C(\OC(C)(C)C)O[Si](C)(C)C. The minimum absolute atomic E-state index is 0.180. The molecule has 0 rings (SSSR count). The molecule has 0 aromatic heterocycles. The van der Waals surface area contributed by atoms with Crippen LogP contribution in [0.1, 0.15) is 34.1 Å². The Hall–Kier alpha value is -0.443. The number of rotatable bonds is 4. The number of ether oxygens (including phenoxy) is 1. The topological polar surface area (TPSA) is 18.5 Å². The summed E-state index contributed by atoms with van der Waals surface area (Å²) in [6.45, 7) is 14.6. The summed E-state index contributed by atoms with van der Waals surface area (Å²) in [7, 11) is -1.55. The van der Waals surface area contributed by atoms with E-state index in [1.165, 1.54) is 0 Å². The standard InChI is InChI=1S/C11H24O2Si/c1-8-9-10(12-11(2,3)4)13-14(5,6)7/h9H,8H2,1-7H3/b10-9+. The molecular formula is C11H24O2Si. The van der Waals surface area contributed by atoms with Crippen LogP contribution in [0.3, 0.4) is 0 Å². The van der Waals surface area contributed by atoms with Crippen molar-refractivity contribution in [2.24, 2.45) is 0 Å². The maximum absolute atomic E-state index is 5.83. The second-order valence-corrected chi connectivity index (χ2v) is 9.79. The van der Waals surface area contributed by atoms with Gasteiger partial charge in [-0.25, -0.2) is 0 Å². The predicted octanol–water partition coefficient (Wildman–Crippen LogP) is 3.90. The largest absolute Gasteiger partial charge is 0.520 e. The molecule has 0 saturated heterocycles. The van der Waals surface area contributed by atoms with E-state index in [4.69, 9.17) is 9.16 Å². The molecule has 0 fully saturated rings. The highest BCUT2D eigenvalue weighted by Gasteiger charge is 2.21. The Morgan fingerprint density at radius 3 is 2.00 bits per heavy atom. The van der Waals surface area contributed by atoms with Crippen LogP contribution >= 0.6 is 0 Å². The normalized spacial score (nSPS) is 14.1. The van der Waals surface area contributed by atoms with Crippen molar-refractivity contribution in [3.63, 3.8) is 0 Å². The average molecular weight is 216 g/mol. The number of allylic oxidation sites excluding steroid dienone is 1. The van der Waals surface area contributed by atoms with E-state index in [-0.39, 0.29) is 5.60 Å². The molecule has 0 N–H and O–H groups in total. The van der Waals surface area contributed by atoms with Gasteiger partial charge in [-0.05, 0) is 52.9 Å². The van der Waals surface area contributed by atoms with Gasteiger partial charge in [-0.15, -0.1) is 0 Å². The Morgan fingerprint density at radius 2 is 1.71 bits per heavy atom. The molecule has 0 aliphatic heterocycles. The molecule has 0 heterocycles. The molecule has 0 aliphatic rings. The maximum atomic E-state index is 5.83. The summed E-state index contributed by atoms with van der Waals surface area (Å²) in [5.74, 6) is 0.694. The average Bonchev–Trinajstić information content (AvgIpc) is 1.78. The Kier molecular flexibility index (Phi) is 4.72. The highest BCUT2D eigenvalue weighted by molar-refractivity contribution is 6.69. The van der Waals surface area contributed by atoms with Gasteiger partial charge in [0.05, 0.1) is 0 Å². The zero-order valence-corrected chi connectivity index (χ0v) is 11.6. The Morgan fingerprint density at radius 1 is 1.21 bits per heavy atom. The van der Waals surface area contributed by atoms with Gasteiger partial charge in [-0.2, -0.15) is 0 Å². The minimum Gasteiger partial charge on any atom is -0.520 e. The van der Waals surface area contributed by atoms with Crippen LogP contribution in [0.25, 0.3) is 0 Å². The lowest BCUT2D eigenvalue weighted by Gasteiger charge is -2.28. The molecule has 0 amide bonds. The summed E-state index contributed by atoms with van der Waals surface area (Å²) < 4.78 is 11.6. The van der Waals surface area contributed by atoms with Gasteiger partial charge in [-0.3, -0.25) is 0 Å². The van der Waals surface area contributed by atoms with E-state index >= 15 is 0 Å². The minimum atomic E-state index is -1.55. The lowest BCUT2D eigenvalue weighted by molar-refractivity contribution is -0.00895. The van der Waals surface area contributed by atoms with E-state index in [0.717, 1.165) is 6.42 Å². The van der Waals surface area contributed by atoms with Crippen molar-refractivity contribution in [3.05, 3.63) is 12.0 Å². The summed E-state index contributed by atoms with van der Waals surface area (Å²) in [5, 5.41) is 0. The van der Waals surface area contributed by atoms with Crippen LogP contribution in [-0.4, -0.2) is 13.9 Å². The van der Waals surface area contributed by atoms with Crippen molar-refractivity contribution in [1.29, 1.82) is 0 Å². The van der Waals surface area contributed by atoms with Crippen molar-refractivity contribution in [3.8, 4) is 0 Å². The first kappa shape index (κ1) is 13.6. The lowest BCUT2D eigenvalue weighted by Crippen LogP contribution is -2.29. The molecule has 0 bridgehead atoms. The van der Waals surface area contributed by atoms with Gasteiger partial charge in [0.25, 0.3) is 5.95 Å². The Balaban J connectivity index is 4.41. The molecule has 0 spiro atoms. The molecule has 14 heavy (non-hydrogen) atoms. The molecule has 2 nitrogen and oxygen atoms in total. The molecule has 84 valence electrons. The van der Waals surface area contributed by atoms with E-state index in [0.29, 0.717) is 5.95 Å². The van der Waals surface area contributed by atoms with E-state index in [2.05, 4.69) is 26.6 Å². The monoisotopic (exact) mass is 216 g/mol. The fraction of sp³-hybridized carbons (Fsp3) is 0.818. The van der Waals surface area contributed by atoms with Crippen molar-refractivity contribution in [1.82, 2.24) is 0 Å². The third-order valence-corrected chi connectivity index (χ3v) is 2.00. The van der Waals surface area contributed by atoms with Crippen molar-refractivity contribution < 1.29 is 9.16 Å². The van der Waals surface area contributed by atoms with E-state index in [1.807, 2.05) is 26.8 Å². The highest BCUT2D eigenvalue weighted by Crippen LogP contribution is 2.19. The van der Waals surface area contributed by atoms with Crippen molar-refractivity contribution >= 4 is 8.32 Å². The summed E-state index contributed by atoms with van der Waals surface area (Å²) in [6, 6.07) is 0. The predicted molar refractivity (Wildman–Crippen MR) is 63.6 cm³/mol. The van der Waals surface area contributed by atoms with Gasteiger partial charge in [0.2, 0.25) is 8.32 Å². The second kappa shape index (κ2) is 4.87. The first-order valence-corrected chi connectivity index (χ1v) is 8.63. The molecule has 0 aliphatic carbocycles. The molecule has 0 aromatic carbocycles. The van der Waals surface area contributed by atoms with Crippen LogP contribution in [0.15, 0.2) is 12.0 Å². The maximum Gasteiger partial charge on any atom is 0.261 e. The first-order chi connectivity index (χ1) is 6.14. The van der Waals surface area contributed by atoms with Crippen LogP contribution < -0.4 is 0 Å². The summed E-state index contributed by atoms with van der Waals surface area (Å²) in [5.41, 5.74) is -0.180. The van der Waals surface area contributed by atoms with E-state index in [1.54, 1.807) is 0 Å². The molecule has 0 radical (unpaired) electrons. The van der Waals surface area contributed by atoms with Crippen LogP contribution in [0.5, 0.6) is 0 Å². The third-order valence-electron chi connectivity index (χ3n) is 1.18. The number of hydrogen-bond acceptors (Lipinski definition) is 2. The summed E-state index contributed by atoms with van der Waals surface area (Å²) in [6.07, 6.45) is 2.94. The quantitative estimate of drug-likeness (QED) is 0.524. The van der Waals surface area contributed by atoms with E-state index in [9.17, 15) is 0 Å². The van der Waals surface area contributed by atoms with Crippen LogP contribution in [-0.2, 0) is 9.16 Å². The smallest absolute Gasteiger partial charge is 0.261 e. The Bertz CT molecular complexity index is 178. The highest BCUT2D eigenvalue weighted by atomic mass is 28.4. The molecule has 0 atom stereocenters. The van der Waals surface area contributed by atoms with Gasteiger partial charge >= 0.3 is 0 Å². The molecule has 0 aromatic rings. The van der Waals surface area contributed by atoms with Crippen molar-refractivity contribution in [2.45, 2.75) is 59.4 Å². The second-order valence-electron chi connectivity index (χ2n) is 5.36. The molecular weight excluding hydrogens is 192 g/mol. The van der Waals surface area contributed by atoms with Gasteiger partial charge < -0.3 is 9.16 Å². The van der Waals surface area contributed by atoms with Gasteiger partial charge in [-0.1, -0.05) is 6.92 Å². The first-order valence-electron chi connectivity index (χ1n) is 5.22. The van der Waals surface area contributed by atoms with Crippen molar-refractivity contribution in [2.75, 3.05) is 0 Å². The van der Waals surface area contributed by atoms with E-state index < -0.39 is 8.32 Å². The van der Waals surface area contributed by atoms with Crippen LogP contribution in [0.4, 0.5) is 0 Å². The summed E-state index contributed by atoms with van der Waals surface area (Å²) in [4.78, 5) is 0. The van der Waals surface area contributed by atoms with Gasteiger partial charge in [0, 0.05) is 0 Å². The molecule has 0 unspecified atom stereocenters. The summed E-state index contributed by atoms with van der Waals surface area (Å²) >= 11 is 0. The van der Waals surface area contributed by atoms with Crippen LogP contribution in [0.2, 0.25) is 19.6 Å². The fourth-order valence-corrected chi connectivity index (χ4v) is 1.60. The lowest BCUT2D eigenvalue weighted by atomic mass is 10.2. The third kappa shape index (κ3) is 8.17. The van der Waals surface area contributed by atoms with Gasteiger partial charge in [0.15, 0.2) is 0 Å². The van der Waals surface area contributed by atoms with Gasteiger partial charge in [0.1, 0.15) is 5.60 Å². The molecule has 3 heteroatoms. The Labute approximate surface area is 89.4 Å². The fourth-order valence-electron chi connectivity index (χ4n) is 0.874. The zero-order chi connectivity index (χ0) is 11.4. The van der Waals surface area contributed by atoms with Crippen LogP contribution in [0, 0.1) is 0 Å². The number of hydrogen-bond donors (Lipinski definition) is 0.